The number of hydrogen-bond acceptors (Lipinski definition) is 2. The lowest BCUT2D eigenvalue weighted by atomic mass is 10.1. The van der Waals surface area contributed by atoms with Gasteiger partial charge in [-0.15, -0.1) is 0 Å². The Morgan fingerprint density at radius 2 is 1.81 bits per heavy atom. The number of ether oxygens (including phenoxy) is 1. The van der Waals surface area contributed by atoms with Crippen LogP contribution in [0.25, 0.3) is 22.2 Å². The summed E-state index contributed by atoms with van der Waals surface area (Å²) in [6.45, 7) is 4.98. The fourth-order valence-corrected chi connectivity index (χ4v) is 3.56. The molecule has 4 heteroatoms. The van der Waals surface area contributed by atoms with Crippen LogP contribution in [0.3, 0.4) is 0 Å². The largest absolute Gasteiger partial charge is 0.497 e. The van der Waals surface area contributed by atoms with Gasteiger partial charge in [0, 0.05) is 29.4 Å². The van der Waals surface area contributed by atoms with Crippen molar-refractivity contribution in [1.82, 2.24) is 9.55 Å². The van der Waals surface area contributed by atoms with Crippen LogP contribution in [-0.2, 0) is 6.54 Å². The molecule has 0 atom stereocenters. The second kappa shape index (κ2) is 6.88. The maximum atomic E-state index is 13.4. The number of methoxy groups -OCH3 is 1. The molecule has 3 nitrogen and oxygen atoms in total. The van der Waals surface area contributed by atoms with E-state index in [1.54, 1.807) is 19.2 Å². The molecule has 0 spiro atoms. The van der Waals surface area contributed by atoms with Crippen LogP contribution in [0.1, 0.15) is 16.8 Å². The zero-order valence-electron chi connectivity index (χ0n) is 15.7. The maximum Gasteiger partial charge on any atom is 0.123 e. The van der Waals surface area contributed by atoms with Crippen molar-refractivity contribution < 1.29 is 9.13 Å². The molecule has 0 radical (unpaired) electrons. The summed E-state index contributed by atoms with van der Waals surface area (Å²) in [5, 5.41) is 1.17. The van der Waals surface area contributed by atoms with Gasteiger partial charge in [0.05, 0.1) is 18.3 Å². The minimum Gasteiger partial charge on any atom is -0.497 e. The average molecular weight is 360 g/mol. The minimum absolute atomic E-state index is 0.245. The molecule has 0 amide bonds. The third-order valence-corrected chi connectivity index (χ3v) is 5.14. The van der Waals surface area contributed by atoms with Gasteiger partial charge < -0.3 is 9.30 Å². The van der Waals surface area contributed by atoms with Gasteiger partial charge in [-0.2, -0.15) is 0 Å². The molecule has 0 saturated carbocycles. The summed E-state index contributed by atoms with van der Waals surface area (Å²) in [4.78, 5) is 4.63. The number of rotatable bonds is 4. The predicted molar refractivity (Wildman–Crippen MR) is 107 cm³/mol. The average Bonchev–Trinajstić information content (AvgIpc) is 2.94. The number of aryl methyl sites for hydroxylation is 1. The predicted octanol–water partition coefficient (Wildman–Crippen LogP) is 5.52. The Labute approximate surface area is 158 Å². The van der Waals surface area contributed by atoms with Gasteiger partial charge in [0.1, 0.15) is 11.6 Å². The van der Waals surface area contributed by atoms with E-state index < -0.39 is 0 Å². The molecule has 0 N–H and O–H groups in total. The van der Waals surface area contributed by atoms with Crippen LogP contribution in [0.15, 0.2) is 60.8 Å². The summed E-state index contributed by atoms with van der Waals surface area (Å²) in [5.41, 5.74) is 6.44. The van der Waals surface area contributed by atoms with Gasteiger partial charge >= 0.3 is 0 Å². The van der Waals surface area contributed by atoms with Gasteiger partial charge in [-0.1, -0.05) is 12.1 Å². The van der Waals surface area contributed by atoms with E-state index >= 15 is 0 Å². The SMILES string of the molecule is COc1cccc(Cn2c(C)c(C)c3ccnc(-c4ccc(F)cc4)c32)c1. The standard InChI is InChI=1S/C23H21FN2O/c1-15-16(2)26(14-17-5-4-6-20(13-17)27-3)23-21(15)11-12-25-22(23)18-7-9-19(24)10-8-18/h4-13H,14H2,1-3H3. The van der Waals surface area contributed by atoms with Crippen LogP contribution in [0.2, 0.25) is 0 Å². The van der Waals surface area contributed by atoms with E-state index in [2.05, 4.69) is 35.5 Å². The third kappa shape index (κ3) is 3.08. The van der Waals surface area contributed by atoms with Crippen molar-refractivity contribution >= 4 is 10.9 Å². The summed E-state index contributed by atoms with van der Waals surface area (Å²) in [7, 11) is 1.68. The number of aromatic nitrogens is 2. The fourth-order valence-electron chi connectivity index (χ4n) is 3.56. The van der Waals surface area contributed by atoms with Gasteiger partial charge in [0.2, 0.25) is 0 Å². The summed E-state index contributed by atoms with van der Waals surface area (Å²) in [6, 6.07) is 16.7. The highest BCUT2D eigenvalue weighted by atomic mass is 19.1. The second-order valence-electron chi connectivity index (χ2n) is 6.71. The molecule has 2 aromatic carbocycles. The lowest BCUT2D eigenvalue weighted by molar-refractivity contribution is 0.414. The molecule has 0 unspecified atom stereocenters. The van der Waals surface area contributed by atoms with Crippen molar-refractivity contribution in [1.29, 1.82) is 0 Å². The lowest BCUT2D eigenvalue weighted by Gasteiger charge is -2.12. The maximum absolute atomic E-state index is 13.4. The van der Waals surface area contributed by atoms with E-state index in [1.165, 1.54) is 28.8 Å². The summed E-state index contributed by atoms with van der Waals surface area (Å²) in [6.07, 6.45) is 1.82. The zero-order valence-corrected chi connectivity index (χ0v) is 15.7. The van der Waals surface area contributed by atoms with E-state index in [0.717, 1.165) is 28.1 Å². The molecule has 2 heterocycles. The van der Waals surface area contributed by atoms with Crippen molar-refractivity contribution in [3.05, 3.63) is 83.4 Å². The Morgan fingerprint density at radius 1 is 1.04 bits per heavy atom. The van der Waals surface area contributed by atoms with Gasteiger partial charge in [-0.3, -0.25) is 4.98 Å². The molecule has 27 heavy (non-hydrogen) atoms. The molecule has 0 aliphatic heterocycles. The first-order chi connectivity index (χ1) is 13.1. The molecule has 0 fully saturated rings. The normalized spacial score (nSPS) is 11.1. The first-order valence-electron chi connectivity index (χ1n) is 8.91. The lowest BCUT2D eigenvalue weighted by Crippen LogP contribution is -2.03. The van der Waals surface area contributed by atoms with Crippen LogP contribution in [0, 0.1) is 19.7 Å². The molecule has 0 bridgehead atoms. The Hall–Kier alpha value is -3.14. The summed E-state index contributed by atoms with van der Waals surface area (Å²) < 4.78 is 21.0. The Balaban J connectivity index is 1.91. The number of halogens is 1. The van der Waals surface area contributed by atoms with Gasteiger partial charge in [-0.05, 0) is 67.4 Å². The van der Waals surface area contributed by atoms with E-state index in [9.17, 15) is 4.39 Å². The van der Waals surface area contributed by atoms with Crippen LogP contribution in [0.5, 0.6) is 5.75 Å². The molecule has 0 saturated heterocycles. The highest BCUT2D eigenvalue weighted by Crippen LogP contribution is 2.33. The summed E-state index contributed by atoms with van der Waals surface area (Å²) in [5.74, 6) is 0.597. The summed E-state index contributed by atoms with van der Waals surface area (Å²) >= 11 is 0. The van der Waals surface area contributed by atoms with Gasteiger partial charge in [0.25, 0.3) is 0 Å². The van der Waals surface area contributed by atoms with Crippen molar-refractivity contribution in [2.75, 3.05) is 7.11 Å². The molecular weight excluding hydrogens is 339 g/mol. The van der Waals surface area contributed by atoms with Crippen LogP contribution in [-0.4, -0.2) is 16.7 Å². The number of hydrogen-bond donors (Lipinski definition) is 0. The molecule has 4 aromatic rings. The van der Waals surface area contributed by atoms with Gasteiger partial charge in [0.15, 0.2) is 0 Å². The molecule has 2 aromatic heterocycles. The van der Waals surface area contributed by atoms with E-state index in [1.807, 2.05) is 24.4 Å². The van der Waals surface area contributed by atoms with Gasteiger partial charge in [-0.25, -0.2) is 4.39 Å². The molecule has 136 valence electrons. The minimum atomic E-state index is -0.245. The first-order valence-corrected chi connectivity index (χ1v) is 8.91. The highest BCUT2D eigenvalue weighted by Gasteiger charge is 2.16. The van der Waals surface area contributed by atoms with E-state index in [0.29, 0.717) is 6.54 Å². The Morgan fingerprint density at radius 3 is 2.56 bits per heavy atom. The number of pyridine rings is 1. The number of fused-ring (bicyclic) bond motifs is 1. The van der Waals surface area contributed by atoms with Crippen LogP contribution < -0.4 is 4.74 Å². The van der Waals surface area contributed by atoms with Crippen molar-refractivity contribution in [3.8, 4) is 17.0 Å². The van der Waals surface area contributed by atoms with Crippen molar-refractivity contribution in [2.24, 2.45) is 0 Å². The molecule has 4 rings (SSSR count). The van der Waals surface area contributed by atoms with Crippen molar-refractivity contribution in [3.63, 3.8) is 0 Å². The highest BCUT2D eigenvalue weighted by molar-refractivity contribution is 5.95. The van der Waals surface area contributed by atoms with E-state index in [-0.39, 0.29) is 5.82 Å². The molecular formula is C23H21FN2O. The monoisotopic (exact) mass is 360 g/mol. The third-order valence-electron chi connectivity index (χ3n) is 5.14. The Bertz CT molecular complexity index is 1110. The second-order valence-corrected chi connectivity index (χ2v) is 6.71. The fraction of sp³-hybridized carbons (Fsp3) is 0.174. The molecule has 0 aliphatic rings. The topological polar surface area (TPSA) is 27.1 Å². The smallest absolute Gasteiger partial charge is 0.123 e. The number of nitrogens with zero attached hydrogens (tertiary/aromatic N) is 2. The Kier molecular flexibility index (Phi) is 4.40. The molecule has 0 aliphatic carbocycles. The zero-order chi connectivity index (χ0) is 19.0. The van der Waals surface area contributed by atoms with E-state index in [4.69, 9.17) is 4.74 Å². The first kappa shape index (κ1) is 17.3. The van der Waals surface area contributed by atoms with Crippen LogP contribution in [0.4, 0.5) is 4.39 Å². The number of benzene rings is 2. The van der Waals surface area contributed by atoms with Crippen LogP contribution >= 0.6 is 0 Å². The quantitative estimate of drug-likeness (QED) is 0.479. The van der Waals surface area contributed by atoms with Crippen molar-refractivity contribution in [2.45, 2.75) is 20.4 Å².